The molecule has 0 amide bonds. The molecule has 0 unspecified atom stereocenters. The Hall–Kier alpha value is -1.76. The molecular formula is C11H14N2O4S. The first-order valence-electron chi connectivity index (χ1n) is 5.32. The summed E-state index contributed by atoms with van der Waals surface area (Å²) in [6.45, 7) is 2.06. The van der Waals surface area contributed by atoms with Crippen molar-refractivity contribution in [1.29, 1.82) is 0 Å². The topological polar surface area (TPSA) is 81.5 Å². The highest BCUT2D eigenvalue weighted by molar-refractivity contribution is 8.00. The first-order valence-corrected chi connectivity index (χ1v) is 6.31. The van der Waals surface area contributed by atoms with E-state index in [2.05, 4.69) is 5.32 Å². The van der Waals surface area contributed by atoms with Crippen LogP contribution in [0, 0.1) is 10.1 Å². The molecule has 6 nitrogen and oxygen atoms in total. The Labute approximate surface area is 109 Å². The molecule has 0 heterocycles. The molecule has 1 aromatic carbocycles. The molecule has 0 fully saturated rings. The molecule has 18 heavy (non-hydrogen) atoms. The predicted molar refractivity (Wildman–Crippen MR) is 70.0 cm³/mol. The molecule has 1 aromatic rings. The summed E-state index contributed by atoms with van der Waals surface area (Å²) in [5.74, 6) is -0.196. The standard InChI is InChI=1S/C11H14N2O4S/c1-3-17-11(14)7-18-10-5-8(12-2)4-9(6-10)13(15)16/h4-6,12H,3,7H2,1-2H3. The van der Waals surface area contributed by atoms with Crippen molar-refractivity contribution in [3.63, 3.8) is 0 Å². The van der Waals surface area contributed by atoms with E-state index in [-0.39, 0.29) is 17.4 Å². The average molecular weight is 270 g/mol. The van der Waals surface area contributed by atoms with Gasteiger partial charge in [-0.3, -0.25) is 14.9 Å². The van der Waals surface area contributed by atoms with Gasteiger partial charge in [0.05, 0.1) is 17.3 Å². The van der Waals surface area contributed by atoms with Crippen molar-refractivity contribution in [1.82, 2.24) is 0 Å². The number of thioether (sulfide) groups is 1. The van der Waals surface area contributed by atoms with E-state index in [1.54, 1.807) is 20.0 Å². The fraction of sp³-hybridized carbons (Fsp3) is 0.364. The second-order valence-electron chi connectivity index (χ2n) is 3.32. The van der Waals surface area contributed by atoms with Gasteiger partial charge in [0, 0.05) is 29.8 Å². The van der Waals surface area contributed by atoms with Crippen molar-refractivity contribution >= 4 is 29.1 Å². The number of nitrogens with zero attached hydrogens (tertiary/aromatic N) is 1. The van der Waals surface area contributed by atoms with Gasteiger partial charge in [-0.2, -0.15) is 0 Å². The number of anilines is 1. The quantitative estimate of drug-likeness (QED) is 0.369. The van der Waals surface area contributed by atoms with Gasteiger partial charge in [0.1, 0.15) is 0 Å². The number of carbonyl (C=O) groups is 1. The zero-order chi connectivity index (χ0) is 13.5. The van der Waals surface area contributed by atoms with Gasteiger partial charge in [0.15, 0.2) is 0 Å². The molecule has 0 saturated carbocycles. The van der Waals surface area contributed by atoms with Gasteiger partial charge in [0.2, 0.25) is 0 Å². The highest BCUT2D eigenvalue weighted by Gasteiger charge is 2.11. The molecule has 7 heteroatoms. The maximum atomic E-state index is 11.2. The number of carbonyl (C=O) groups excluding carboxylic acids is 1. The van der Waals surface area contributed by atoms with Gasteiger partial charge in [0.25, 0.3) is 5.69 Å². The molecule has 0 aromatic heterocycles. The van der Waals surface area contributed by atoms with Gasteiger partial charge in [-0.25, -0.2) is 0 Å². The summed E-state index contributed by atoms with van der Waals surface area (Å²) in [6.07, 6.45) is 0. The predicted octanol–water partition coefficient (Wildman–Crippen LogP) is 2.29. The van der Waals surface area contributed by atoms with E-state index in [0.29, 0.717) is 17.2 Å². The van der Waals surface area contributed by atoms with Crippen LogP contribution in [0.4, 0.5) is 11.4 Å². The van der Waals surface area contributed by atoms with E-state index in [4.69, 9.17) is 4.74 Å². The number of nitro groups is 1. The first kappa shape index (κ1) is 14.3. The van der Waals surface area contributed by atoms with Crippen LogP contribution in [-0.2, 0) is 9.53 Å². The van der Waals surface area contributed by atoms with Crippen molar-refractivity contribution in [3.8, 4) is 0 Å². The molecule has 0 spiro atoms. The van der Waals surface area contributed by atoms with Gasteiger partial charge >= 0.3 is 5.97 Å². The van der Waals surface area contributed by atoms with Crippen LogP contribution in [0.15, 0.2) is 23.1 Å². The highest BCUT2D eigenvalue weighted by atomic mass is 32.2. The Morgan fingerprint density at radius 1 is 1.50 bits per heavy atom. The summed E-state index contributed by atoms with van der Waals surface area (Å²) >= 11 is 1.21. The zero-order valence-corrected chi connectivity index (χ0v) is 11.0. The maximum absolute atomic E-state index is 11.2. The van der Waals surface area contributed by atoms with Gasteiger partial charge < -0.3 is 10.1 Å². The third kappa shape index (κ3) is 4.25. The Morgan fingerprint density at radius 3 is 2.78 bits per heavy atom. The molecule has 1 rings (SSSR count). The van der Waals surface area contributed by atoms with E-state index in [9.17, 15) is 14.9 Å². The zero-order valence-electron chi connectivity index (χ0n) is 10.1. The second kappa shape index (κ2) is 6.85. The Morgan fingerprint density at radius 2 is 2.22 bits per heavy atom. The summed E-state index contributed by atoms with van der Waals surface area (Å²) < 4.78 is 4.79. The van der Waals surface area contributed by atoms with Crippen LogP contribution in [-0.4, -0.2) is 30.3 Å². The summed E-state index contributed by atoms with van der Waals surface area (Å²) in [5.41, 5.74) is 0.628. The summed E-state index contributed by atoms with van der Waals surface area (Å²) in [5, 5.41) is 13.6. The van der Waals surface area contributed by atoms with E-state index in [0.717, 1.165) is 0 Å². The van der Waals surface area contributed by atoms with Crippen molar-refractivity contribution in [2.24, 2.45) is 0 Å². The summed E-state index contributed by atoms with van der Waals surface area (Å²) in [4.78, 5) is 22.1. The van der Waals surface area contributed by atoms with Crippen LogP contribution in [0.2, 0.25) is 0 Å². The van der Waals surface area contributed by atoms with Crippen LogP contribution in [0.3, 0.4) is 0 Å². The lowest BCUT2D eigenvalue weighted by Crippen LogP contribution is -2.06. The highest BCUT2D eigenvalue weighted by Crippen LogP contribution is 2.27. The van der Waals surface area contributed by atoms with Crippen molar-refractivity contribution in [3.05, 3.63) is 28.3 Å². The molecule has 98 valence electrons. The molecule has 0 bridgehead atoms. The molecule has 0 aliphatic rings. The minimum Gasteiger partial charge on any atom is -0.465 e. The van der Waals surface area contributed by atoms with Crippen molar-refractivity contribution < 1.29 is 14.5 Å². The summed E-state index contributed by atoms with van der Waals surface area (Å²) in [6, 6.07) is 4.62. The molecule has 1 N–H and O–H groups in total. The van der Waals surface area contributed by atoms with Gasteiger partial charge in [-0.1, -0.05) is 0 Å². The molecule has 0 atom stereocenters. The second-order valence-corrected chi connectivity index (χ2v) is 4.37. The number of rotatable bonds is 6. The van der Waals surface area contributed by atoms with E-state index < -0.39 is 4.92 Å². The number of ether oxygens (including phenoxy) is 1. The molecule has 0 radical (unpaired) electrons. The minimum absolute atomic E-state index is 0.00629. The van der Waals surface area contributed by atoms with Crippen LogP contribution >= 0.6 is 11.8 Å². The number of hydrogen-bond acceptors (Lipinski definition) is 6. The fourth-order valence-corrected chi connectivity index (χ4v) is 2.04. The van der Waals surface area contributed by atoms with Crippen LogP contribution in [0.25, 0.3) is 0 Å². The lowest BCUT2D eigenvalue weighted by atomic mass is 10.3. The number of non-ortho nitro benzene ring substituents is 1. The lowest BCUT2D eigenvalue weighted by molar-refractivity contribution is -0.385. The van der Waals surface area contributed by atoms with Crippen LogP contribution in [0.5, 0.6) is 0 Å². The largest absolute Gasteiger partial charge is 0.465 e. The number of nitrogens with one attached hydrogen (secondary N) is 1. The smallest absolute Gasteiger partial charge is 0.316 e. The lowest BCUT2D eigenvalue weighted by Gasteiger charge is -2.05. The third-order valence-corrected chi connectivity index (χ3v) is 3.00. The first-order chi connectivity index (χ1) is 8.56. The van der Waals surface area contributed by atoms with E-state index in [1.807, 2.05) is 0 Å². The Balaban J connectivity index is 2.78. The van der Waals surface area contributed by atoms with E-state index in [1.165, 1.54) is 23.9 Å². The van der Waals surface area contributed by atoms with Crippen molar-refractivity contribution in [2.45, 2.75) is 11.8 Å². The number of hydrogen-bond donors (Lipinski definition) is 1. The minimum atomic E-state index is -0.463. The fourth-order valence-electron chi connectivity index (χ4n) is 1.26. The maximum Gasteiger partial charge on any atom is 0.316 e. The molecular weight excluding hydrogens is 256 g/mol. The Kier molecular flexibility index (Phi) is 5.44. The average Bonchev–Trinajstić information content (AvgIpc) is 2.36. The Bertz CT molecular complexity index is 451. The number of esters is 1. The van der Waals surface area contributed by atoms with Crippen LogP contribution < -0.4 is 5.32 Å². The van der Waals surface area contributed by atoms with Crippen LogP contribution in [0.1, 0.15) is 6.92 Å². The monoisotopic (exact) mass is 270 g/mol. The number of benzene rings is 1. The van der Waals surface area contributed by atoms with E-state index >= 15 is 0 Å². The SMILES string of the molecule is CCOC(=O)CSc1cc(NC)cc([N+](=O)[O-])c1. The molecule has 0 aliphatic carbocycles. The van der Waals surface area contributed by atoms with Gasteiger partial charge in [-0.05, 0) is 13.0 Å². The number of nitro benzene ring substituents is 1. The molecule has 0 aliphatic heterocycles. The summed E-state index contributed by atoms with van der Waals surface area (Å²) in [7, 11) is 1.68. The molecule has 0 saturated heterocycles. The normalized spacial score (nSPS) is 9.89. The third-order valence-electron chi connectivity index (χ3n) is 2.05. The van der Waals surface area contributed by atoms with Gasteiger partial charge in [-0.15, -0.1) is 11.8 Å². The van der Waals surface area contributed by atoms with Crippen molar-refractivity contribution in [2.75, 3.05) is 24.7 Å².